The van der Waals surface area contributed by atoms with Gasteiger partial charge in [0.25, 0.3) is 0 Å². The molecule has 3 rings (SSSR count). The molecule has 0 bridgehead atoms. The molecule has 0 amide bonds. The van der Waals surface area contributed by atoms with Crippen molar-refractivity contribution in [2.24, 2.45) is 5.92 Å². The van der Waals surface area contributed by atoms with Crippen molar-refractivity contribution in [1.29, 1.82) is 0 Å². The van der Waals surface area contributed by atoms with Gasteiger partial charge in [0.15, 0.2) is 0 Å². The zero-order valence-corrected chi connectivity index (χ0v) is 10.2. The fraction of sp³-hybridized carbons (Fsp3) is 0.571. The highest BCUT2D eigenvalue weighted by Gasteiger charge is 2.28. The van der Waals surface area contributed by atoms with E-state index in [2.05, 4.69) is 29.6 Å². The first-order valence-electron chi connectivity index (χ1n) is 6.25. The lowest BCUT2D eigenvalue weighted by atomic mass is 9.77. The van der Waals surface area contributed by atoms with Gasteiger partial charge in [-0.1, -0.05) is 24.3 Å². The standard InChI is InChI=1S/C14H18ClN/c15-13-5-10(6-13)8-16-9-12-7-11-3-1-2-4-14(11)12/h1-4,10,12-13,16H,5-9H2. The van der Waals surface area contributed by atoms with E-state index in [1.165, 1.54) is 19.3 Å². The minimum absolute atomic E-state index is 0.455. The van der Waals surface area contributed by atoms with Crippen molar-refractivity contribution >= 4 is 11.6 Å². The Labute approximate surface area is 102 Å². The second-order valence-corrected chi connectivity index (χ2v) is 5.81. The Bertz CT molecular complexity index is 371. The summed E-state index contributed by atoms with van der Waals surface area (Å²) in [7, 11) is 0. The molecule has 2 aliphatic rings. The smallest absolute Gasteiger partial charge is 0.0342 e. The fourth-order valence-electron chi connectivity index (χ4n) is 2.83. The van der Waals surface area contributed by atoms with Crippen LogP contribution in [-0.2, 0) is 6.42 Å². The van der Waals surface area contributed by atoms with Crippen LogP contribution in [0.3, 0.4) is 0 Å². The molecular weight excluding hydrogens is 218 g/mol. The number of rotatable bonds is 4. The van der Waals surface area contributed by atoms with E-state index in [-0.39, 0.29) is 0 Å². The molecule has 1 aromatic rings. The summed E-state index contributed by atoms with van der Waals surface area (Å²) in [6.45, 7) is 2.29. The Balaban J connectivity index is 1.41. The Morgan fingerprint density at radius 2 is 2.00 bits per heavy atom. The highest BCUT2D eigenvalue weighted by Crippen LogP contribution is 2.35. The molecule has 0 spiro atoms. The number of fused-ring (bicyclic) bond motifs is 1. The zero-order valence-electron chi connectivity index (χ0n) is 9.45. The Hall–Kier alpha value is -0.530. The average Bonchev–Trinajstić information content (AvgIpc) is 2.22. The summed E-state index contributed by atoms with van der Waals surface area (Å²) in [4.78, 5) is 0. The molecule has 1 aromatic carbocycles. The molecule has 1 saturated carbocycles. The van der Waals surface area contributed by atoms with E-state index in [0.717, 1.165) is 24.9 Å². The van der Waals surface area contributed by atoms with Crippen molar-refractivity contribution in [3.05, 3.63) is 35.4 Å². The predicted molar refractivity (Wildman–Crippen MR) is 68.1 cm³/mol. The fourth-order valence-corrected chi connectivity index (χ4v) is 3.33. The largest absolute Gasteiger partial charge is 0.316 e. The first kappa shape index (κ1) is 10.6. The first-order valence-corrected chi connectivity index (χ1v) is 6.69. The number of alkyl halides is 1. The molecule has 1 fully saturated rings. The molecule has 86 valence electrons. The van der Waals surface area contributed by atoms with E-state index in [1.807, 2.05) is 0 Å². The van der Waals surface area contributed by atoms with E-state index in [9.17, 15) is 0 Å². The third kappa shape index (κ3) is 1.99. The van der Waals surface area contributed by atoms with Crippen LogP contribution in [0, 0.1) is 5.92 Å². The SMILES string of the molecule is ClC1CC(CNCC2Cc3ccccc32)C1. The van der Waals surface area contributed by atoms with Gasteiger partial charge >= 0.3 is 0 Å². The maximum Gasteiger partial charge on any atom is 0.0342 e. The van der Waals surface area contributed by atoms with Gasteiger partial charge in [0.1, 0.15) is 0 Å². The molecule has 2 aliphatic carbocycles. The van der Waals surface area contributed by atoms with Crippen LogP contribution in [0.25, 0.3) is 0 Å². The summed E-state index contributed by atoms with van der Waals surface area (Å²) >= 11 is 5.96. The minimum Gasteiger partial charge on any atom is -0.316 e. The number of nitrogens with one attached hydrogen (secondary N) is 1. The van der Waals surface area contributed by atoms with E-state index in [1.54, 1.807) is 11.1 Å². The highest BCUT2D eigenvalue weighted by atomic mass is 35.5. The van der Waals surface area contributed by atoms with E-state index in [4.69, 9.17) is 11.6 Å². The van der Waals surface area contributed by atoms with Gasteiger partial charge in [0.2, 0.25) is 0 Å². The summed E-state index contributed by atoms with van der Waals surface area (Å²) in [5.74, 6) is 1.58. The quantitative estimate of drug-likeness (QED) is 0.792. The van der Waals surface area contributed by atoms with Crippen LogP contribution in [0.1, 0.15) is 29.9 Å². The Kier molecular flexibility index (Phi) is 2.91. The van der Waals surface area contributed by atoms with E-state index >= 15 is 0 Å². The zero-order chi connectivity index (χ0) is 11.0. The maximum absolute atomic E-state index is 5.96. The lowest BCUT2D eigenvalue weighted by Gasteiger charge is -2.34. The lowest BCUT2D eigenvalue weighted by molar-refractivity contribution is 0.304. The second-order valence-electron chi connectivity index (χ2n) is 5.19. The van der Waals surface area contributed by atoms with Crippen molar-refractivity contribution in [2.75, 3.05) is 13.1 Å². The molecule has 0 heterocycles. The van der Waals surface area contributed by atoms with Crippen LogP contribution >= 0.6 is 11.6 Å². The van der Waals surface area contributed by atoms with Crippen molar-refractivity contribution in [2.45, 2.75) is 30.6 Å². The summed E-state index contributed by atoms with van der Waals surface area (Å²) in [5.41, 5.74) is 3.09. The van der Waals surface area contributed by atoms with Gasteiger partial charge in [-0.2, -0.15) is 0 Å². The molecule has 0 saturated heterocycles. The molecule has 0 aromatic heterocycles. The number of hydrogen-bond donors (Lipinski definition) is 1. The van der Waals surface area contributed by atoms with Crippen LogP contribution in [0.5, 0.6) is 0 Å². The Morgan fingerprint density at radius 3 is 2.75 bits per heavy atom. The van der Waals surface area contributed by atoms with Crippen molar-refractivity contribution < 1.29 is 0 Å². The van der Waals surface area contributed by atoms with Gasteiger partial charge in [0.05, 0.1) is 0 Å². The second kappa shape index (κ2) is 4.38. The van der Waals surface area contributed by atoms with Gasteiger partial charge in [0, 0.05) is 17.8 Å². The van der Waals surface area contributed by atoms with Crippen LogP contribution in [0.2, 0.25) is 0 Å². The third-order valence-corrected chi connectivity index (χ3v) is 4.32. The maximum atomic E-state index is 5.96. The van der Waals surface area contributed by atoms with Crippen LogP contribution in [0.4, 0.5) is 0 Å². The molecule has 1 N–H and O–H groups in total. The molecule has 1 nitrogen and oxygen atoms in total. The topological polar surface area (TPSA) is 12.0 Å². The minimum atomic E-state index is 0.455. The average molecular weight is 236 g/mol. The van der Waals surface area contributed by atoms with Crippen LogP contribution in [-0.4, -0.2) is 18.5 Å². The van der Waals surface area contributed by atoms with Gasteiger partial charge in [-0.3, -0.25) is 0 Å². The van der Waals surface area contributed by atoms with Gasteiger partial charge in [-0.15, -0.1) is 11.6 Å². The Morgan fingerprint density at radius 1 is 1.19 bits per heavy atom. The summed E-state index contributed by atoms with van der Waals surface area (Å²) in [6.07, 6.45) is 3.66. The highest BCUT2D eigenvalue weighted by molar-refractivity contribution is 6.21. The predicted octanol–water partition coefficient (Wildman–Crippen LogP) is 2.93. The molecule has 1 atom stereocenters. The number of benzene rings is 1. The van der Waals surface area contributed by atoms with Gasteiger partial charge < -0.3 is 5.32 Å². The van der Waals surface area contributed by atoms with Gasteiger partial charge in [-0.25, -0.2) is 0 Å². The summed E-state index contributed by atoms with van der Waals surface area (Å²) in [5, 5.41) is 4.05. The number of hydrogen-bond acceptors (Lipinski definition) is 1. The van der Waals surface area contributed by atoms with Crippen molar-refractivity contribution in [3.63, 3.8) is 0 Å². The first-order chi connectivity index (χ1) is 7.83. The van der Waals surface area contributed by atoms with Crippen LogP contribution < -0.4 is 5.32 Å². The van der Waals surface area contributed by atoms with Crippen molar-refractivity contribution in [3.8, 4) is 0 Å². The van der Waals surface area contributed by atoms with Crippen molar-refractivity contribution in [1.82, 2.24) is 5.32 Å². The van der Waals surface area contributed by atoms with Crippen LogP contribution in [0.15, 0.2) is 24.3 Å². The normalized spacial score (nSPS) is 31.4. The third-order valence-electron chi connectivity index (χ3n) is 3.96. The summed E-state index contributed by atoms with van der Waals surface area (Å²) in [6, 6.07) is 8.80. The summed E-state index contributed by atoms with van der Waals surface area (Å²) < 4.78 is 0. The molecule has 16 heavy (non-hydrogen) atoms. The lowest BCUT2D eigenvalue weighted by Crippen LogP contribution is -2.37. The molecule has 0 radical (unpaired) electrons. The van der Waals surface area contributed by atoms with E-state index in [0.29, 0.717) is 5.38 Å². The molecule has 0 aliphatic heterocycles. The van der Waals surface area contributed by atoms with E-state index < -0.39 is 0 Å². The molecule has 2 heteroatoms. The number of halogens is 1. The van der Waals surface area contributed by atoms with Gasteiger partial charge in [-0.05, 0) is 42.9 Å². The molecule has 1 unspecified atom stereocenters. The monoisotopic (exact) mass is 235 g/mol. The molecular formula is C14H18ClN.